The number of pyridine rings is 1. The zero-order valence-electron chi connectivity index (χ0n) is 11.8. The lowest BCUT2D eigenvalue weighted by atomic mass is 10.1. The normalized spacial score (nSPS) is 10.9. The Balaban J connectivity index is 2.37. The van der Waals surface area contributed by atoms with Gasteiger partial charge in [-0.25, -0.2) is 9.37 Å². The SMILES string of the molecule is Cc1cccc(Oc2cc(CCl)cc(C(C)C)n2)c1F. The second-order valence-corrected chi connectivity index (χ2v) is 5.28. The molecule has 0 unspecified atom stereocenters. The standard InChI is InChI=1S/C16H17ClFNO/c1-10(2)13-7-12(9-17)8-15(19-13)20-14-6-4-5-11(3)16(14)18/h4-8,10H,9H2,1-3H3. The molecule has 4 heteroatoms. The van der Waals surface area contributed by atoms with Crippen LogP contribution in [0.3, 0.4) is 0 Å². The van der Waals surface area contributed by atoms with Crippen molar-refractivity contribution in [1.29, 1.82) is 0 Å². The predicted octanol–water partition coefficient (Wildman–Crippen LogP) is 5.18. The highest BCUT2D eigenvalue weighted by Gasteiger charge is 2.11. The Kier molecular flexibility index (Phi) is 4.61. The summed E-state index contributed by atoms with van der Waals surface area (Å²) in [7, 11) is 0. The fourth-order valence-corrected chi connectivity index (χ4v) is 1.97. The average molecular weight is 294 g/mol. The largest absolute Gasteiger partial charge is 0.436 e. The molecule has 2 nitrogen and oxygen atoms in total. The van der Waals surface area contributed by atoms with Gasteiger partial charge in [-0.05, 0) is 36.1 Å². The smallest absolute Gasteiger partial charge is 0.219 e. The molecule has 0 N–H and O–H groups in total. The highest BCUT2D eigenvalue weighted by Crippen LogP contribution is 2.27. The summed E-state index contributed by atoms with van der Waals surface area (Å²) in [6, 6.07) is 8.72. The van der Waals surface area contributed by atoms with E-state index in [2.05, 4.69) is 4.98 Å². The maximum absolute atomic E-state index is 14.0. The number of hydrogen-bond donors (Lipinski definition) is 0. The molecular formula is C16H17ClFNO. The highest BCUT2D eigenvalue weighted by atomic mass is 35.5. The van der Waals surface area contributed by atoms with E-state index < -0.39 is 0 Å². The molecule has 2 rings (SSSR count). The second kappa shape index (κ2) is 6.23. The molecule has 106 valence electrons. The van der Waals surface area contributed by atoms with E-state index in [0.29, 0.717) is 17.3 Å². The maximum Gasteiger partial charge on any atom is 0.219 e. The molecule has 0 aliphatic rings. The number of alkyl halides is 1. The van der Waals surface area contributed by atoms with E-state index in [1.807, 2.05) is 19.9 Å². The van der Waals surface area contributed by atoms with Gasteiger partial charge in [-0.2, -0.15) is 0 Å². The molecule has 1 heterocycles. The van der Waals surface area contributed by atoms with Crippen molar-refractivity contribution in [3.63, 3.8) is 0 Å². The first kappa shape index (κ1) is 14.8. The molecule has 1 aromatic carbocycles. The summed E-state index contributed by atoms with van der Waals surface area (Å²) in [6.07, 6.45) is 0. The maximum atomic E-state index is 14.0. The molecule has 0 saturated carbocycles. The Bertz CT molecular complexity index is 613. The number of hydrogen-bond acceptors (Lipinski definition) is 2. The molecule has 1 aromatic heterocycles. The van der Waals surface area contributed by atoms with E-state index in [-0.39, 0.29) is 17.5 Å². The highest BCUT2D eigenvalue weighted by molar-refractivity contribution is 6.17. The third-order valence-corrected chi connectivity index (χ3v) is 3.31. The lowest BCUT2D eigenvalue weighted by Crippen LogP contribution is -1.99. The van der Waals surface area contributed by atoms with Crippen molar-refractivity contribution in [2.24, 2.45) is 0 Å². The Morgan fingerprint density at radius 3 is 2.70 bits per heavy atom. The first-order chi connectivity index (χ1) is 9.51. The van der Waals surface area contributed by atoms with Crippen LogP contribution >= 0.6 is 11.6 Å². The van der Waals surface area contributed by atoms with Gasteiger partial charge < -0.3 is 4.74 Å². The van der Waals surface area contributed by atoms with Gasteiger partial charge >= 0.3 is 0 Å². The molecule has 0 fully saturated rings. The third-order valence-electron chi connectivity index (χ3n) is 3.00. The van der Waals surface area contributed by atoms with E-state index in [1.165, 1.54) is 0 Å². The van der Waals surface area contributed by atoms with Crippen LogP contribution in [0.1, 0.15) is 36.6 Å². The summed E-state index contributed by atoms with van der Waals surface area (Å²) < 4.78 is 19.5. The van der Waals surface area contributed by atoms with Crippen LogP contribution in [0.15, 0.2) is 30.3 Å². The third kappa shape index (κ3) is 3.28. The minimum absolute atomic E-state index is 0.180. The molecule has 0 aliphatic heterocycles. The Morgan fingerprint density at radius 1 is 1.30 bits per heavy atom. The Labute approximate surface area is 123 Å². The van der Waals surface area contributed by atoms with Gasteiger partial charge in [0.2, 0.25) is 5.88 Å². The van der Waals surface area contributed by atoms with E-state index in [1.54, 1.807) is 31.2 Å². The fourth-order valence-electron chi connectivity index (χ4n) is 1.82. The van der Waals surface area contributed by atoms with E-state index in [9.17, 15) is 4.39 Å². The van der Waals surface area contributed by atoms with Crippen LogP contribution in [0.4, 0.5) is 4.39 Å². The van der Waals surface area contributed by atoms with Crippen LogP contribution in [0.2, 0.25) is 0 Å². The average Bonchev–Trinajstić information content (AvgIpc) is 2.43. The molecule has 0 bridgehead atoms. The number of rotatable bonds is 4. The summed E-state index contributed by atoms with van der Waals surface area (Å²) in [4.78, 5) is 4.40. The number of ether oxygens (including phenoxy) is 1. The molecule has 0 amide bonds. The van der Waals surface area contributed by atoms with Crippen LogP contribution in [-0.2, 0) is 5.88 Å². The lowest BCUT2D eigenvalue weighted by Gasteiger charge is -2.12. The number of aryl methyl sites for hydroxylation is 1. The van der Waals surface area contributed by atoms with Crippen molar-refractivity contribution in [2.45, 2.75) is 32.6 Å². The number of benzene rings is 1. The van der Waals surface area contributed by atoms with Crippen molar-refractivity contribution < 1.29 is 9.13 Å². The monoisotopic (exact) mass is 293 g/mol. The van der Waals surface area contributed by atoms with Gasteiger partial charge in [0.15, 0.2) is 11.6 Å². The summed E-state index contributed by atoms with van der Waals surface area (Å²) in [5.74, 6) is 0.810. The summed E-state index contributed by atoms with van der Waals surface area (Å²) >= 11 is 5.88. The van der Waals surface area contributed by atoms with Crippen molar-refractivity contribution in [3.8, 4) is 11.6 Å². The molecule has 0 radical (unpaired) electrons. The van der Waals surface area contributed by atoms with Crippen LogP contribution in [0.25, 0.3) is 0 Å². The minimum atomic E-state index is -0.364. The van der Waals surface area contributed by atoms with Crippen molar-refractivity contribution in [1.82, 2.24) is 4.98 Å². The molecule has 0 saturated heterocycles. The van der Waals surface area contributed by atoms with E-state index >= 15 is 0 Å². The topological polar surface area (TPSA) is 22.1 Å². The zero-order chi connectivity index (χ0) is 14.7. The van der Waals surface area contributed by atoms with E-state index in [4.69, 9.17) is 16.3 Å². The number of halogens is 2. The summed E-state index contributed by atoms with van der Waals surface area (Å²) in [5, 5.41) is 0. The van der Waals surface area contributed by atoms with Gasteiger partial charge in [-0.3, -0.25) is 0 Å². The van der Waals surface area contributed by atoms with Gasteiger partial charge in [-0.1, -0.05) is 26.0 Å². The number of aromatic nitrogens is 1. The first-order valence-corrected chi connectivity index (χ1v) is 7.04. The van der Waals surface area contributed by atoms with Gasteiger partial charge in [0.05, 0.1) is 0 Å². The van der Waals surface area contributed by atoms with Gasteiger partial charge in [0.1, 0.15) is 0 Å². The molecular weight excluding hydrogens is 277 g/mol. The Morgan fingerprint density at radius 2 is 2.05 bits per heavy atom. The number of nitrogens with zero attached hydrogens (tertiary/aromatic N) is 1. The van der Waals surface area contributed by atoms with Gasteiger partial charge in [0.25, 0.3) is 0 Å². The van der Waals surface area contributed by atoms with E-state index in [0.717, 1.165) is 11.3 Å². The Hall–Kier alpha value is -1.61. The molecule has 20 heavy (non-hydrogen) atoms. The van der Waals surface area contributed by atoms with Crippen LogP contribution in [0.5, 0.6) is 11.6 Å². The van der Waals surface area contributed by atoms with Crippen LogP contribution < -0.4 is 4.74 Å². The van der Waals surface area contributed by atoms with Crippen molar-refractivity contribution in [2.75, 3.05) is 0 Å². The molecule has 0 atom stereocenters. The molecule has 0 aliphatic carbocycles. The van der Waals surface area contributed by atoms with Gasteiger partial charge in [-0.15, -0.1) is 11.6 Å². The van der Waals surface area contributed by atoms with Gasteiger partial charge in [0, 0.05) is 17.6 Å². The van der Waals surface area contributed by atoms with Crippen molar-refractivity contribution in [3.05, 3.63) is 53.0 Å². The molecule has 0 spiro atoms. The zero-order valence-corrected chi connectivity index (χ0v) is 12.5. The second-order valence-electron chi connectivity index (χ2n) is 5.02. The fraction of sp³-hybridized carbons (Fsp3) is 0.312. The summed E-state index contributed by atoms with van der Waals surface area (Å²) in [5.41, 5.74) is 2.33. The predicted molar refractivity (Wildman–Crippen MR) is 79.1 cm³/mol. The van der Waals surface area contributed by atoms with Crippen LogP contribution in [0, 0.1) is 12.7 Å². The lowest BCUT2D eigenvalue weighted by molar-refractivity contribution is 0.423. The minimum Gasteiger partial charge on any atom is -0.436 e. The van der Waals surface area contributed by atoms with Crippen LogP contribution in [-0.4, -0.2) is 4.98 Å². The quantitative estimate of drug-likeness (QED) is 0.724. The summed E-state index contributed by atoms with van der Waals surface area (Å²) in [6.45, 7) is 5.78. The molecule has 2 aromatic rings. The van der Waals surface area contributed by atoms with Crippen molar-refractivity contribution >= 4 is 11.6 Å². The first-order valence-electron chi connectivity index (χ1n) is 6.51.